The lowest BCUT2D eigenvalue weighted by Gasteiger charge is -2.06. The van der Waals surface area contributed by atoms with E-state index in [0.717, 1.165) is 27.9 Å². The molecule has 4 aromatic rings. The van der Waals surface area contributed by atoms with Crippen LogP contribution in [0.1, 0.15) is 27.3 Å². The highest BCUT2D eigenvalue weighted by Crippen LogP contribution is 2.29. The molecule has 3 heterocycles. The molecule has 7 nitrogen and oxygen atoms in total. The summed E-state index contributed by atoms with van der Waals surface area (Å²) < 4.78 is 7.08. The van der Waals surface area contributed by atoms with Crippen molar-refractivity contribution in [1.29, 1.82) is 0 Å². The molecule has 0 unspecified atom stereocenters. The molecule has 0 aliphatic heterocycles. The van der Waals surface area contributed by atoms with Gasteiger partial charge in [0.2, 0.25) is 5.88 Å². The predicted molar refractivity (Wildman–Crippen MR) is 103 cm³/mol. The molecule has 1 aromatic carbocycles. The Morgan fingerprint density at radius 1 is 1.15 bits per heavy atom. The van der Waals surface area contributed by atoms with Gasteiger partial charge in [0.05, 0.1) is 16.6 Å². The summed E-state index contributed by atoms with van der Waals surface area (Å²) in [6.07, 6.45) is 0. The molecule has 0 radical (unpaired) electrons. The molecule has 1 N–H and O–H groups in total. The fourth-order valence-corrected chi connectivity index (χ4v) is 3.24. The lowest BCUT2D eigenvalue weighted by molar-refractivity contribution is 0.102. The van der Waals surface area contributed by atoms with Gasteiger partial charge in [-0.25, -0.2) is 4.98 Å². The highest BCUT2D eigenvalue weighted by molar-refractivity contribution is 6.12. The first kappa shape index (κ1) is 17.0. The summed E-state index contributed by atoms with van der Waals surface area (Å²) in [6.45, 7) is 5.59. The van der Waals surface area contributed by atoms with E-state index in [1.807, 2.05) is 58.2 Å². The number of aryl methyl sites for hydroxylation is 3. The maximum Gasteiger partial charge on any atom is 0.258 e. The number of fused-ring (bicyclic) bond motifs is 1. The van der Waals surface area contributed by atoms with Crippen molar-refractivity contribution in [3.63, 3.8) is 0 Å². The van der Waals surface area contributed by atoms with Crippen LogP contribution in [0, 0.1) is 20.8 Å². The van der Waals surface area contributed by atoms with E-state index >= 15 is 0 Å². The average Bonchev–Trinajstić information content (AvgIpc) is 3.15. The Labute approximate surface area is 156 Å². The molecule has 0 spiro atoms. The Hall–Kier alpha value is -3.48. The first-order chi connectivity index (χ1) is 13.0. The topological polar surface area (TPSA) is 85.8 Å². The lowest BCUT2D eigenvalue weighted by Crippen LogP contribution is -2.13. The Morgan fingerprint density at radius 2 is 1.89 bits per heavy atom. The number of rotatable bonds is 3. The molecule has 0 saturated heterocycles. The summed E-state index contributed by atoms with van der Waals surface area (Å²) in [5.41, 5.74) is 5.11. The molecule has 0 atom stereocenters. The van der Waals surface area contributed by atoms with E-state index in [0.29, 0.717) is 22.8 Å². The maximum absolute atomic E-state index is 13.0. The molecule has 0 aliphatic carbocycles. The minimum atomic E-state index is -0.277. The average molecular weight is 361 g/mol. The van der Waals surface area contributed by atoms with Crippen LogP contribution >= 0.6 is 0 Å². The number of benzene rings is 1. The van der Waals surface area contributed by atoms with Gasteiger partial charge in [0.1, 0.15) is 5.69 Å². The van der Waals surface area contributed by atoms with E-state index in [9.17, 15) is 4.79 Å². The van der Waals surface area contributed by atoms with Crippen molar-refractivity contribution >= 4 is 22.8 Å². The Morgan fingerprint density at radius 3 is 2.63 bits per heavy atom. The lowest BCUT2D eigenvalue weighted by atomic mass is 10.1. The van der Waals surface area contributed by atoms with Crippen molar-refractivity contribution in [2.24, 2.45) is 7.05 Å². The number of carbonyl (C=O) groups excluding carboxylic acids is 1. The SMILES string of the molecule is Cc1cc(C(=O)Nc2onc(-c3ccccc3)c2C)c2c(C)nn(C)c2n1. The number of aromatic nitrogens is 4. The van der Waals surface area contributed by atoms with E-state index in [1.54, 1.807) is 10.7 Å². The van der Waals surface area contributed by atoms with Gasteiger partial charge in [0.25, 0.3) is 5.91 Å². The Bertz CT molecular complexity index is 1160. The van der Waals surface area contributed by atoms with E-state index in [1.165, 1.54) is 0 Å². The van der Waals surface area contributed by atoms with Crippen LogP contribution in [0.15, 0.2) is 40.9 Å². The van der Waals surface area contributed by atoms with Crippen molar-refractivity contribution in [1.82, 2.24) is 19.9 Å². The molecule has 0 fully saturated rings. The summed E-state index contributed by atoms with van der Waals surface area (Å²) >= 11 is 0. The van der Waals surface area contributed by atoms with Crippen LogP contribution in [0.25, 0.3) is 22.3 Å². The van der Waals surface area contributed by atoms with Crippen molar-refractivity contribution < 1.29 is 9.32 Å². The molecule has 27 heavy (non-hydrogen) atoms. The van der Waals surface area contributed by atoms with Gasteiger partial charge < -0.3 is 4.52 Å². The highest BCUT2D eigenvalue weighted by Gasteiger charge is 2.21. The van der Waals surface area contributed by atoms with Crippen molar-refractivity contribution in [2.75, 3.05) is 5.32 Å². The minimum Gasteiger partial charge on any atom is -0.338 e. The Balaban J connectivity index is 1.72. The Kier molecular flexibility index (Phi) is 3.99. The molecule has 1 amide bonds. The van der Waals surface area contributed by atoms with Crippen molar-refractivity contribution in [2.45, 2.75) is 20.8 Å². The van der Waals surface area contributed by atoms with E-state index in [-0.39, 0.29) is 5.91 Å². The normalized spacial score (nSPS) is 11.1. The van der Waals surface area contributed by atoms with Crippen LogP contribution < -0.4 is 5.32 Å². The van der Waals surface area contributed by atoms with Crippen LogP contribution in [0.4, 0.5) is 5.88 Å². The van der Waals surface area contributed by atoms with Crippen LogP contribution in [0.5, 0.6) is 0 Å². The van der Waals surface area contributed by atoms with E-state index < -0.39 is 0 Å². The van der Waals surface area contributed by atoms with E-state index in [2.05, 4.69) is 20.6 Å². The van der Waals surface area contributed by atoms with Crippen LogP contribution in [0.2, 0.25) is 0 Å². The second-order valence-electron chi connectivity index (χ2n) is 6.52. The summed E-state index contributed by atoms with van der Waals surface area (Å²) in [5.74, 6) is 0.0588. The number of carbonyl (C=O) groups is 1. The molecule has 136 valence electrons. The molecule has 0 saturated carbocycles. The zero-order chi connectivity index (χ0) is 19.1. The number of hydrogen-bond donors (Lipinski definition) is 1. The van der Waals surface area contributed by atoms with Gasteiger partial charge in [-0.2, -0.15) is 5.10 Å². The second-order valence-corrected chi connectivity index (χ2v) is 6.52. The number of hydrogen-bond acceptors (Lipinski definition) is 5. The third-order valence-corrected chi connectivity index (χ3v) is 4.54. The molecule has 4 rings (SSSR count). The van der Waals surface area contributed by atoms with Gasteiger partial charge in [0.15, 0.2) is 5.65 Å². The summed E-state index contributed by atoms with van der Waals surface area (Å²) in [6, 6.07) is 11.5. The predicted octanol–water partition coefficient (Wildman–Crippen LogP) is 3.80. The molecule has 0 bridgehead atoms. The number of nitrogens with zero attached hydrogens (tertiary/aromatic N) is 4. The fraction of sp³-hybridized carbons (Fsp3) is 0.200. The monoisotopic (exact) mass is 361 g/mol. The summed E-state index contributed by atoms with van der Waals surface area (Å²) in [5, 5.41) is 12.1. The zero-order valence-electron chi connectivity index (χ0n) is 15.6. The quantitative estimate of drug-likeness (QED) is 0.600. The number of pyridine rings is 1. The number of nitrogens with one attached hydrogen (secondary N) is 1. The molecule has 0 aliphatic rings. The summed E-state index contributed by atoms with van der Waals surface area (Å²) in [7, 11) is 1.82. The number of anilines is 1. The van der Waals surface area contributed by atoms with Gasteiger partial charge >= 0.3 is 0 Å². The highest BCUT2D eigenvalue weighted by atomic mass is 16.5. The first-order valence-electron chi connectivity index (χ1n) is 8.59. The number of amides is 1. The third-order valence-electron chi connectivity index (χ3n) is 4.54. The van der Waals surface area contributed by atoms with Crippen molar-refractivity contribution in [3.05, 3.63) is 58.9 Å². The smallest absolute Gasteiger partial charge is 0.258 e. The van der Waals surface area contributed by atoms with Crippen LogP contribution in [-0.4, -0.2) is 25.8 Å². The molecule has 7 heteroatoms. The van der Waals surface area contributed by atoms with Crippen LogP contribution in [0.3, 0.4) is 0 Å². The third kappa shape index (κ3) is 2.87. The molecular weight excluding hydrogens is 342 g/mol. The van der Waals surface area contributed by atoms with E-state index in [4.69, 9.17) is 4.52 Å². The fourth-order valence-electron chi connectivity index (χ4n) is 3.24. The van der Waals surface area contributed by atoms with Gasteiger partial charge in [0, 0.05) is 23.9 Å². The maximum atomic E-state index is 13.0. The van der Waals surface area contributed by atoms with Gasteiger partial charge in [-0.1, -0.05) is 35.5 Å². The second kappa shape index (κ2) is 6.35. The first-order valence-corrected chi connectivity index (χ1v) is 8.59. The molecule has 3 aromatic heterocycles. The molecular formula is C20H19N5O2. The largest absolute Gasteiger partial charge is 0.338 e. The standard InChI is InChI=1S/C20H19N5O2/c1-11-10-15(16-13(3)23-25(4)18(16)21-11)19(26)22-20-12(2)17(24-27-20)14-8-6-5-7-9-14/h5-10H,1-4H3,(H,22,26). The van der Waals surface area contributed by atoms with Gasteiger partial charge in [-0.15, -0.1) is 0 Å². The zero-order valence-corrected chi connectivity index (χ0v) is 15.6. The van der Waals surface area contributed by atoms with Crippen molar-refractivity contribution in [3.8, 4) is 11.3 Å². The minimum absolute atomic E-state index is 0.277. The summed E-state index contributed by atoms with van der Waals surface area (Å²) in [4.78, 5) is 17.5. The van der Waals surface area contributed by atoms with Crippen LogP contribution in [-0.2, 0) is 7.05 Å². The van der Waals surface area contributed by atoms with Gasteiger partial charge in [-0.3, -0.25) is 14.8 Å². The van der Waals surface area contributed by atoms with Gasteiger partial charge in [-0.05, 0) is 26.8 Å².